The van der Waals surface area contributed by atoms with Crippen molar-refractivity contribution in [2.75, 3.05) is 0 Å². The van der Waals surface area contributed by atoms with Crippen molar-refractivity contribution in [3.63, 3.8) is 0 Å². The summed E-state index contributed by atoms with van der Waals surface area (Å²) in [4.78, 5) is 0. The standard InChI is InChI=1S/C13H22N2OS/c1-10(16)11(2)17-9-12-7-8-15(14-12)13-5-3-4-6-13/h7-8,10-11,13,16H,3-6,9H2,1-2H3. The fourth-order valence-corrected chi connectivity index (χ4v) is 3.05. The first kappa shape index (κ1) is 13.0. The van der Waals surface area contributed by atoms with E-state index in [1.807, 2.05) is 6.92 Å². The SMILES string of the molecule is CC(O)C(C)SCc1ccn(C2CCCC2)n1. The van der Waals surface area contributed by atoms with Crippen LogP contribution in [0.2, 0.25) is 0 Å². The van der Waals surface area contributed by atoms with Crippen LogP contribution in [-0.4, -0.2) is 26.2 Å². The number of rotatable bonds is 5. The zero-order valence-electron chi connectivity index (χ0n) is 10.7. The zero-order chi connectivity index (χ0) is 12.3. The molecule has 1 N–H and O–H groups in total. The fraction of sp³-hybridized carbons (Fsp3) is 0.769. The second-order valence-electron chi connectivity index (χ2n) is 4.98. The molecule has 1 fully saturated rings. The van der Waals surface area contributed by atoms with Crippen LogP contribution < -0.4 is 0 Å². The fourth-order valence-electron chi connectivity index (χ4n) is 2.18. The number of aromatic nitrogens is 2. The molecular formula is C13H22N2OS. The van der Waals surface area contributed by atoms with Gasteiger partial charge in [0, 0.05) is 17.2 Å². The van der Waals surface area contributed by atoms with Crippen LogP contribution in [0.15, 0.2) is 12.3 Å². The molecule has 3 nitrogen and oxygen atoms in total. The number of aliphatic hydroxyl groups is 1. The zero-order valence-corrected chi connectivity index (χ0v) is 11.5. The molecule has 2 rings (SSSR count). The molecule has 0 amide bonds. The summed E-state index contributed by atoms with van der Waals surface area (Å²) in [6, 6.07) is 2.74. The molecule has 0 bridgehead atoms. The van der Waals surface area contributed by atoms with Crippen molar-refractivity contribution < 1.29 is 5.11 Å². The van der Waals surface area contributed by atoms with Crippen molar-refractivity contribution in [1.29, 1.82) is 0 Å². The highest BCUT2D eigenvalue weighted by Crippen LogP contribution is 2.29. The third-order valence-corrected chi connectivity index (χ3v) is 4.92. The quantitative estimate of drug-likeness (QED) is 0.878. The first-order valence-electron chi connectivity index (χ1n) is 6.50. The topological polar surface area (TPSA) is 38.0 Å². The van der Waals surface area contributed by atoms with Crippen LogP contribution in [0.3, 0.4) is 0 Å². The molecule has 0 aromatic carbocycles. The Morgan fingerprint density at radius 3 is 2.82 bits per heavy atom. The predicted octanol–water partition coefficient (Wildman–Crippen LogP) is 3.00. The van der Waals surface area contributed by atoms with Gasteiger partial charge in [-0.3, -0.25) is 4.68 Å². The first-order valence-corrected chi connectivity index (χ1v) is 7.55. The van der Waals surface area contributed by atoms with Gasteiger partial charge < -0.3 is 5.11 Å². The highest BCUT2D eigenvalue weighted by atomic mass is 32.2. The summed E-state index contributed by atoms with van der Waals surface area (Å²) in [5.41, 5.74) is 1.13. The van der Waals surface area contributed by atoms with Gasteiger partial charge in [-0.15, -0.1) is 11.8 Å². The second-order valence-corrected chi connectivity index (χ2v) is 6.35. The molecule has 4 heteroatoms. The summed E-state index contributed by atoms with van der Waals surface area (Å²) in [7, 11) is 0. The second kappa shape index (κ2) is 5.91. The Bertz CT molecular complexity index is 345. The number of thioether (sulfide) groups is 1. The van der Waals surface area contributed by atoms with Crippen LogP contribution >= 0.6 is 11.8 Å². The van der Waals surface area contributed by atoms with Gasteiger partial charge in [0.05, 0.1) is 17.8 Å². The lowest BCUT2D eigenvalue weighted by Crippen LogP contribution is -2.15. The molecule has 96 valence electrons. The molecule has 17 heavy (non-hydrogen) atoms. The molecule has 1 aromatic rings. The minimum absolute atomic E-state index is 0.253. The molecular weight excluding hydrogens is 232 g/mol. The summed E-state index contributed by atoms with van der Waals surface area (Å²) in [5.74, 6) is 0.895. The third-order valence-electron chi connectivity index (χ3n) is 3.54. The normalized spacial score (nSPS) is 20.6. The highest BCUT2D eigenvalue weighted by molar-refractivity contribution is 7.99. The van der Waals surface area contributed by atoms with Crippen LogP contribution in [0.4, 0.5) is 0 Å². The van der Waals surface area contributed by atoms with Gasteiger partial charge in [-0.25, -0.2) is 0 Å². The molecule has 1 heterocycles. The van der Waals surface area contributed by atoms with Crippen molar-refractivity contribution in [3.8, 4) is 0 Å². The summed E-state index contributed by atoms with van der Waals surface area (Å²) < 4.78 is 2.13. The molecule has 0 aliphatic heterocycles. The van der Waals surface area contributed by atoms with Gasteiger partial charge >= 0.3 is 0 Å². The van der Waals surface area contributed by atoms with Gasteiger partial charge in [0.15, 0.2) is 0 Å². The Kier molecular flexibility index (Phi) is 4.51. The number of hydrogen-bond acceptors (Lipinski definition) is 3. The van der Waals surface area contributed by atoms with Crippen LogP contribution in [0.5, 0.6) is 0 Å². The van der Waals surface area contributed by atoms with E-state index in [0.29, 0.717) is 6.04 Å². The van der Waals surface area contributed by atoms with Crippen LogP contribution in [-0.2, 0) is 5.75 Å². The van der Waals surface area contributed by atoms with E-state index in [4.69, 9.17) is 0 Å². The Balaban J connectivity index is 1.85. The first-order chi connectivity index (χ1) is 8.16. The van der Waals surface area contributed by atoms with Crippen LogP contribution in [0.25, 0.3) is 0 Å². The van der Waals surface area contributed by atoms with E-state index in [9.17, 15) is 5.11 Å². The lowest BCUT2D eigenvalue weighted by Gasteiger charge is -2.13. The predicted molar refractivity (Wildman–Crippen MR) is 72.2 cm³/mol. The maximum Gasteiger partial charge on any atom is 0.0723 e. The van der Waals surface area contributed by atoms with Crippen molar-refractivity contribution in [1.82, 2.24) is 9.78 Å². The van der Waals surface area contributed by atoms with E-state index >= 15 is 0 Å². The molecule has 0 radical (unpaired) electrons. The Morgan fingerprint density at radius 2 is 2.18 bits per heavy atom. The molecule has 0 saturated heterocycles. The third kappa shape index (κ3) is 3.49. The average molecular weight is 254 g/mol. The van der Waals surface area contributed by atoms with Gasteiger partial charge in [0.1, 0.15) is 0 Å². The van der Waals surface area contributed by atoms with Crippen molar-refractivity contribution in [3.05, 3.63) is 18.0 Å². The van der Waals surface area contributed by atoms with Gasteiger partial charge in [-0.05, 0) is 25.8 Å². The Labute approximate surface area is 108 Å². The van der Waals surface area contributed by atoms with E-state index in [-0.39, 0.29) is 11.4 Å². The van der Waals surface area contributed by atoms with Gasteiger partial charge in [0.2, 0.25) is 0 Å². The van der Waals surface area contributed by atoms with Crippen molar-refractivity contribution in [2.45, 2.75) is 62.7 Å². The van der Waals surface area contributed by atoms with Gasteiger partial charge in [0.25, 0.3) is 0 Å². The molecule has 1 aliphatic rings. The van der Waals surface area contributed by atoms with E-state index in [2.05, 4.69) is 29.0 Å². The highest BCUT2D eigenvalue weighted by Gasteiger charge is 2.17. The van der Waals surface area contributed by atoms with Crippen LogP contribution in [0.1, 0.15) is 51.3 Å². The smallest absolute Gasteiger partial charge is 0.0723 e. The van der Waals surface area contributed by atoms with Crippen molar-refractivity contribution in [2.24, 2.45) is 0 Å². The molecule has 1 aromatic heterocycles. The Hall–Kier alpha value is -0.480. The van der Waals surface area contributed by atoms with Crippen molar-refractivity contribution >= 4 is 11.8 Å². The van der Waals surface area contributed by atoms with Gasteiger partial charge in [-0.1, -0.05) is 19.8 Å². The Morgan fingerprint density at radius 1 is 1.47 bits per heavy atom. The largest absolute Gasteiger partial charge is 0.392 e. The summed E-state index contributed by atoms with van der Waals surface area (Å²) in [6.45, 7) is 3.90. The lowest BCUT2D eigenvalue weighted by molar-refractivity contribution is 0.196. The maximum atomic E-state index is 9.43. The van der Waals surface area contributed by atoms with E-state index in [1.165, 1.54) is 25.7 Å². The van der Waals surface area contributed by atoms with Gasteiger partial charge in [-0.2, -0.15) is 5.10 Å². The van der Waals surface area contributed by atoms with E-state index < -0.39 is 0 Å². The average Bonchev–Trinajstić information content (AvgIpc) is 2.95. The monoisotopic (exact) mass is 254 g/mol. The summed E-state index contributed by atoms with van der Waals surface area (Å²) >= 11 is 1.77. The number of hydrogen-bond donors (Lipinski definition) is 1. The van der Waals surface area contributed by atoms with E-state index in [1.54, 1.807) is 11.8 Å². The number of nitrogens with zero attached hydrogens (tertiary/aromatic N) is 2. The summed E-state index contributed by atoms with van der Waals surface area (Å²) in [5, 5.41) is 14.3. The minimum atomic E-state index is -0.253. The molecule has 2 unspecified atom stereocenters. The van der Waals surface area contributed by atoms with Crippen LogP contribution in [0, 0.1) is 0 Å². The number of aliphatic hydroxyl groups excluding tert-OH is 1. The summed E-state index contributed by atoms with van der Waals surface area (Å²) in [6.07, 6.45) is 7.09. The molecule has 1 saturated carbocycles. The maximum absolute atomic E-state index is 9.43. The van der Waals surface area contributed by atoms with E-state index in [0.717, 1.165) is 11.4 Å². The minimum Gasteiger partial charge on any atom is -0.392 e. The molecule has 0 spiro atoms. The molecule has 1 aliphatic carbocycles. The molecule has 2 atom stereocenters. The lowest BCUT2D eigenvalue weighted by atomic mass is 10.3.